The van der Waals surface area contributed by atoms with Gasteiger partial charge >= 0.3 is 0 Å². The Balaban J connectivity index is 1.54. The zero-order valence-corrected chi connectivity index (χ0v) is 17.2. The van der Waals surface area contributed by atoms with E-state index in [1.54, 1.807) is 19.1 Å². The number of nitrogens with zero attached hydrogens (tertiary/aromatic N) is 3. The van der Waals surface area contributed by atoms with Gasteiger partial charge in [-0.15, -0.1) is 10.2 Å². The fourth-order valence-corrected chi connectivity index (χ4v) is 3.68. The number of carbonyl (C=O) groups is 1. The molecule has 0 spiro atoms. The molecule has 5 rings (SSSR count). The van der Waals surface area contributed by atoms with E-state index in [9.17, 15) is 9.18 Å². The normalized spacial score (nSPS) is 17.8. The second-order valence-electron chi connectivity index (χ2n) is 7.78. The summed E-state index contributed by atoms with van der Waals surface area (Å²) in [6.07, 6.45) is 0.108. The summed E-state index contributed by atoms with van der Waals surface area (Å²) in [6.45, 7) is 1.75. The van der Waals surface area contributed by atoms with Crippen molar-refractivity contribution in [2.24, 2.45) is 4.99 Å². The van der Waals surface area contributed by atoms with Gasteiger partial charge in [0.2, 0.25) is 11.8 Å². The Bertz CT molecular complexity index is 1320. The zero-order valence-electron chi connectivity index (χ0n) is 17.2. The van der Waals surface area contributed by atoms with Crippen LogP contribution in [0.3, 0.4) is 0 Å². The molecule has 1 aliphatic heterocycles. The van der Waals surface area contributed by atoms with Gasteiger partial charge in [-0.25, -0.2) is 4.39 Å². The topological polar surface area (TPSA) is 80.4 Å². The van der Waals surface area contributed by atoms with Crippen LogP contribution in [0.1, 0.15) is 23.9 Å². The highest BCUT2D eigenvalue weighted by atomic mass is 19.1. The molecule has 1 atom stereocenters. The summed E-state index contributed by atoms with van der Waals surface area (Å²) < 4.78 is 19.0. The summed E-state index contributed by atoms with van der Waals surface area (Å²) in [4.78, 5) is 18.2. The van der Waals surface area contributed by atoms with Crippen LogP contribution in [-0.4, -0.2) is 27.4 Å². The molecule has 158 valence electrons. The predicted molar refractivity (Wildman–Crippen MR) is 119 cm³/mol. The van der Waals surface area contributed by atoms with Crippen molar-refractivity contribution in [3.63, 3.8) is 0 Å². The van der Waals surface area contributed by atoms with E-state index in [1.807, 2.05) is 54.6 Å². The van der Waals surface area contributed by atoms with Crippen molar-refractivity contribution in [2.75, 3.05) is 5.32 Å². The van der Waals surface area contributed by atoms with E-state index in [1.165, 1.54) is 12.1 Å². The molecule has 0 saturated carbocycles. The van der Waals surface area contributed by atoms with Crippen LogP contribution in [0, 0.1) is 5.82 Å². The third kappa shape index (κ3) is 3.69. The Labute approximate surface area is 183 Å². The SMILES string of the molecule is CC1(Cc2nnc(-c3ccc(F)cc3)o2)N=C(c2ccccc2)c2ccccc2NC1=O. The Morgan fingerprint density at radius 2 is 1.62 bits per heavy atom. The van der Waals surface area contributed by atoms with Crippen LogP contribution < -0.4 is 5.32 Å². The van der Waals surface area contributed by atoms with Gasteiger partial charge in [-0.2, -0.15) is 0 Å². The van der Waals surface area contributed by atoms with E-state index in [0.29, 0.717) is 17.0 Å². The molecule has 1 N–H and O–H groups in total. The van der Waals surface area contributed by atoms with E-state index in [0.717, 1.165) is 11.1 Å². The van der Waals surface area contributed by atoms with Crippen molar-refractivity contribution >= 4 is 17.3 Å². The van der Waals surface area contributed by atoms with Crippen molar-refractivity contribution in [2.45, 2.75) is 18.9 Å². The first-order valence-corrected chi connectivity index (χ1v) is 10.2. The smallest absolute Gasteiger partial charge is 0.252 e. The molecule has 0 aliphatic carbocycles. The van der Waals surface area contributed by atoms with E-state index < -0.39 is 5.54 Å². The summed E-state index contributed by atoms with van der Waals surface area (Å²) in [6, 6.07) is 23.1. The van der Waals surface area contributed by atoms with Crippen LogP contribution in [0.2, 0.25) is 0 Å². The fraction of sp³-hybridized carbons (Fsp3) is 0.120. The minimum absolute atomic E-state index is 0.108. The van der Waals surface area contributed by atoms with Gasteiger partial charge in [-0.1, -0.05) is 48.5 Å². The number of fused-ring (bicyclic) bond motifs is 1. The quantitative estimate of drug-likeness (QED) is 0.514. The van der Waals surface area contributed by atoms with Gasteiger partial charge in [-0.05, 0) is 37.3 Å². The minimum Gasteiger partial charge on any atom is -0.421 e. The second-order valence-corrected chi connectivity index (χ2v) is 7.78. The average Bonchev–Trinajstić information content (AvgIpc) is 3.23. The lowest BCUT2D eigenvalue weighted by atomic mass is 9.96. The van der Waals surface area contributed by atoms with Crippen LogP contribution in [-0.2, 0) is 11.2 Å². The molecule has 0 saturated heterocycles. The fourth-order valence-electron chi connectivity index (χ4n) is 3.68. The Morgan fingerprint density at radius 3 is 2.41 bits per heavy atom. The molecule has 1 amide bonds. The number of hydrogen-bond acceptors (Lipinski definition) is 5. The van der Waals surface area contributed by atoms with Crippen molar-refractivity contribution in [3.05, 3.63) is 102 Å². The molecule has 0 bridgehead atoms. The predicted octanol–water partition coefficient (Wildman–Crippen LogP) is 4.67. The molecule has 2 heterocycles. The zero-order chi connectivity index (χ0) is 22.1. The van der Waals surface area contributed by atoms with Crippen LogP contribution in [0.25, 0.3) is 11.5 Å². The number of carbonyl (C=O) groups excluding carboxylic acids is 1. The monoisotopic (exact) mass is 426 g/mol. The number of benzene rings is 3. The van der Waals surface area contributed by atoms with Crippen LogP contribution in [0.4, 0.5) is 10.1 Å². The molecule has 1 unspecified atom stereocenters. The maximum atomic E-state index is 13.2. The largest absolute Gasteiger partial charge is 0.421 e. The number of nitrogens with one attached hydrogen (secondary N) is 1. The van der Waals surface area contributed by atoms with Gasteiger partial charge in [-0.3, -0.25) is 9.79 Å². The number of halogens is 1. The van der Waals surface area contributed by atoms with E-state index in [-0.39, 0.29) is 29.9 Å². The van der Waals surface area contributed by atoms with Crippen LogP contribution >= 0.6 is 0 Å². The lowest BCUT2D eigenvalue weighted by molar-refractivity contribution is -0.120. The first-order chi connectivity index (χ1) is 15.5. The molecule has 7 heteroatoms. The highest BCUT2D eigenvalue weighted by molar-refractivity contribution is 6.20. The number of benzodiazepines with no additional fused rings is 1. The van der Waals surface area contributed by atoms with Gasteiger partial charge in [0.25, 0.3) is 5.91 Å². The maximum absolute atomic E-state index is 13.2. The van der Waals surface area contributed by atoms with Gasteiger partial charge in [0.15, 0.2) is 0 Å². The molecule has 0 fully saturated rings. The van der Waals surface area contributed by atoms with E-state index in [2.05, 4.69) is 15.5 Å². The molecule has 1 aromatic heterocycles. The number of anilines is 1. The van der Waals surface area contributed by atoms with Gasteiger partial charge in [0, 0.05) is 16.7 Å². The van der Waals surface area contributed by atoms with E-state index in [4.69, 9.17) is 9.41 Å². The van der Waals surface area contributed by atoms with Crippen LogP contribution in [0.5, 0.6) is 0 Å². The molecular weight excluding hydrogens is 407 g/mol. The number of rotatable bonds is 4. The molecule has 32 heavy (non-hydrogen) atoms. The summed E-state index contributed by atoms with van der Waals surface area (Å²) >= 11 is 0. The summed E-state index contributed by atoms with van der Waals surface area (Å²) in [5.74, 6) is -0.0897. The summed E-state index contributed by atoms with van der Waals surface area (Å²) in [5, 5.41) is 11.2. The number of amides is 1. The van der Waals surface area contributed by atoms with E-state index >= 15 is 0 Å². The first kappa shape index (κ1) is 19.8. The van der Waals surface area contributed by atoms with Crippen molar-refractivity contribution in [1.82, 2.24) is 10.2 Å². The molecule has 4 aromatic rings. The lowest BCUT2D eigenvalue weighted by Gasteiger charge is -2.21. The van der Waals surface area contributed by atoms with Gasteiger partial charge in [0.05, 0.1) is 17.8 Å². The number of aromatic nitrogens is 2. The Morgan fingerprint density at radius 1 is 0.906 bits per heavy atom. The standard InChI is InChI=1S/C25H19FN4O2/c1-25(15-21-29-30-23(32-21)17-11-13-18(26)14-12-17)24(31)27-20-10-6-5-9-19(20)22(28-25)16-7-3-2-4-8-16/h2-14H,15H2,1H3,(H,27,31). The first-order valence-electron chi connectivity index (χ1n) is 10.2. The summed E-state index contributed by atoms with van der Waals surface area (Å²) in [5.41, 5.74) is 2.56. The van der Waals surface area contributed by atoms with Crippen molar-refractivity contribution in [3.8, 4) is 11.5 Å². The maximum Gasteiger partial charge on any atom is 0.252 e. The molecule has 6 nitrogen and oxygen atoms in total. The molecule has 1 aliphatic rings. The molecule has 3 aromatic carbocycles. The third-order valence-corrected chi connectivity index (χ3v) is 5.38. The van der Waals surface area contributed by atoms with Gasteiger partial charge in [0.1, 0.15) is 11.4 Å². The number of hydrogen-bond donors (Lipinski definition) is 1. The minimum atomic E-state index is -1.18. The van der Waals surface area contributed by atoms with Gasteiger partial charge < -0.3 is 9.73 Å². The number of para-hydroxylation sites is 1. The average molecular weight is 426 g/mol. The van der Waals surface area contributed by atoms with Crippen molar-refractivity contribution < 1.29 is 13.6 Å². The molecule has 0 radical (unpaired) electrons. The highest BCUT2D eigenvalue weighted by Gasteiger charge is 2.38. The second kappa shape index (κ2) is 7.85. The third-order valence-electron chi connectivity index (χ3n) is 5.38. The Hall–Kier alpha value is -4.13. The highest BCUT2D eigenvalue weighted by Crippen LogP contribution is 2.30. The van der Waals surface area contributed by atoms with Crippen molar-refractivity contribution in [1.29, 1.82) is 0 Å². The van der Waals surface area contributed by atoms with Crippen LogP contribution in [0.15, 0.2) is 88.3 Å². The lowest BCUT2D eigenvalue weighted by Crippen LogP contribution is -2.40. The summed E-state index contributed by atoms with van der Waals surface area (Å²) in [7, 11) is 0. The Kier molecular flexibility index (Phi) is 4.86. The number of aliphatic imine (C=N–C) groups is 1. The molecular formula is C25H19FN4O2.